The van der Waals surface area contributed by atoms with Gasteiger partial charge in [-0.2, -0.15) is 35.1 Å². The van der Waals surface area contributed by atoms with E-state index in [2.05, 4.69) is 4.74 Å². The summed E-state index contributed by atoms with van der Waals surface area (Å²) in [6.45, 7) is 0.184. The summed E-state index contributed by atoms with van der Waals surface area (Å²) in [5.74, 6) is -8.40. The van der Waals surface area contributed by atoms with Crippen LogP contribution in [0.2, 0.25) is 0 Å². The second kappa shape index (κ2) is 5.82. The average Bonchev–Trinajstić information content (AvgIpc) is 3.06. The zero-order chi connectivity index (χ0) is 19.4. The Hall–Kier alpha value is -1.39. The molecular weight excluding hydrogens is 368 g/mol. The summed E-state index contributed by atoms with van der Waals surface area (Å²) in [5.41, 5.74) is -6.35. The van der Waals surface area contributed by atoms with Crippen molar-refractivity contribution in [2.24, 2.45) is 17.8 Å². The van der Waals surface area contributed by atoms with Gasteiger partial charge in [0.25, 0.3) is 0 Å². The van der Waals surface area contributed by atoms with Gasteiger partial charge in [-0.05, 0) is 31.6 Å². The molecule has 2 bridgehead atoms. The van der Waals surface area contributed by atoms with Gasteiger partial charge in [0.05, 0.1) is 5.92 Å². The van der Waals surface area contributed by atoms with Crippen molar-refractivity contribution in [2.75, 3.05) is 0 Å². The average molecular weight is 382 g/mol. The fourth-order valence-corrected chi connectivity index (χ4v) is 3.22. The zero-order valence-electron chi connectivity index (χ0n) is 12.7. The van der Waals surface area contributed by atoms with Gasteiger partial charge in [0.2, 0.25) is 0 Å². The molecule has 144 valence electrons. The van der Waals surface area contributed by atoms with E-state index in [0.29, 0.717) is 6.42 Å². The number of rotatable bonds is 4. The van der Waals surface area contributed by atoms with Gasteiger partial charge in [-0.3, -0.25) is 4.79 Å². The number of hydrogen-bond acceptors (Lipinski definition) is 3. The number of allylic oxidation sites excluding steroid dienone is 2. The van der Waals surface area contributed by atoms with E-state index in [1.165, 1.54) is 0 Å². The summed E-state index contributed by atoms with van der Waals surface area (Å²) in [5, 5.41) is 8.86. The summed E-state index contributed by atoms with van der Waals surface area (Å²) in [6.07, 6.45) is -12.4. The van der Waals surface area contributed by atoms with Crippen LogP contribution in [-0.4, -0.2) is 41.1 Å². The Morgan fingerprint density at radius 3 is 1.92 bits per heavy atom. The summed E-state index contributed by atoms with van der Waals surface area (Å²) >= 11 is 0. The van der Waals surface area contributed by atoms with Crippen LogP contribution < -0.4 is 0 Å². The summed E-state index contributed by atoms with van der Waals surface area (Å²) in [7, 11) is 0. The first-order valence-electron chi connectivity index (χ1n) is 7.25. The van der Waals surface area contributed by atoms with E-state index in [0.717, 1.165) is 0 Å². The molecule has 1 fully saturated rings. The molecule has 3 nitrogen and oxygen atoms in total. The highest BCUT2D eigenvalue weighted by molar-refractivity contribution is 5.74. The van der Waals surface area contributed by atoms with E-state index in [1.807, 2.05) is 0 Å². The zero-order valence-corrected chi connectivity index (χ0v) is 12.7. The fourth-order valence-electron chi connectivity index (χ4n) is 3.22. The van der Waals surface area contributed by atoms with Gasteiger partial charge in [-0.1, -0.05) is 12.2 Å². The minimum absolute atomic E-state index is 0.000601. The van der Waals surface area contributed by atoms with Gasteiger partial charge in [-0.15, -0.1) is 0 Å². The number of halogens is 8. The molecule has 1 saturated carbocycles. The van der Waals surface area contributed by atoms with Gasteiger partial charge < -0.3 is 9.84 Å². The molecule has 4 atom stereocenters. The van der Waals surface area contributed by atoms with E-state index in [4.69, 9.17) is 5.11 Å². The van der Waals surface area contributed by atoms with Crippen LogP contribution in [0.3, 0.4) is 0 Å². The van der Waals surface area contributed by atoms with Crippen LogP contribution in [0.1, 0.15) is 19.8 Å². The minimum atomic E-state index is -6.73. The van der Waals surface area contributed by atoms with E-state index >= 15 is 0 Å². The molecule has 0 radical (unpaired) electrons. The normalized spacial score (nSPS) is 28.3. The maximum absolute atomic E-state index is 13.9. The lowest BCUT2D eigenvalue weighted by Crippen LogP contribution is -2.71. The number of aliphatic hydroxyl groups is 1. The Kier molecular flexibility index (Phi) is 4.64. The second-order valence-corrected chi connectivity index (χ2v) is 6.29. The smallest absolute Gasteiger partial charge is 0.432 e. The Bertz CT molecular complexity index is 551. The Balaban J connectivity index is 2.22. The lowest BCUT2D eigenvalue weighted by molar-refractivity contribution is -0.432. The molecule has 4 unspecified atom stereocenters. The largest absolute Gasteiger partial charge is 0.456 e. The maximum Gasteiger partial charge on any atom is 0.432 e. The topological polar surface area (TPSA) is 46.5 Å². The lowest BCUT2D eigenvalue weighted by Gasteiger charge is -2.40. The molecule has 0 saturated heterocycles. The number of esters is 1. The van der Waals surface area contributed by atoms with Crippen LogP contribution in [0.15, 0.2) is 12.2 Å². The molecular formula is C14H14F8O3. The molecule has 0 aromatic carbocycles. The van der Waals surface area contributed by atoms with Gasteiger partial charge >= 0.3 is 29.8 Å². The predicted molar refractivity (Wildman–Crippen MR) is 66.4 cm³/mol. The van der Waals surface area contributed by atoms with Crippen LogP contribution >= 0.6 is 0 Å². The van der Waals surface area contributed by atoms with Gasteiger partial charge in [0.1, 0.15) is 0 Å². The van der Waals surface area contributed by atoms with Crippen molar-refractivity contribution in [3.8, 4) is 0 Å². The minimum Gasteiger partial charge on any atom is -0.456 e. The quantitative estimate of drug-likeness (QED) is 0.459. The van der Waals surface area contributed by atoms with Gasteiger partial charge in [-0.25, -0.2) is 0 Å². The van der Waals surface area contributed by atoms with Crippen LogP contribution in [-0.2, 0) is 9.53 Å². The van der Waals surface area contributed by atoms with E-state index < -0.39 is 41.9 Å². The highest BCUT2D eigenvalue weighted by Gasteiger charge is 2.84. The van der Waals surface area contributed by atoms with Crippen molar-refractivity contribution in [1.29, 1.82) is 0 Å². The molecule has 1 N–H and O–H groups in total. The highest BCUT2D eigenvalue weighted by Crippen LogP contribution is 2.53. The number of hydrogen-bond donors (Lipinski definition) is 1. The third kappa shape index (κ3) is 3.00. The monoisotopic (exact) mass is 382 g/mol. The second-order valence-electron chi connectivity index (χ2n) is 6.29. The molecule has 0 amide bonds. The Morgan fingerprint density at radius 1 is 1.04 bits per heavy atom. The maximum atomic E-state index is 13.9. The SMILES string of the molecule is CC(OC(=O)C1CC2C=CC1C2)C(F)(F)C(O)(C(F)(F)F)C(F)(F)F. The van der Waals surface area contributed by atoms with Crippen molar-refractivity contribution in [3.63, 3.8) is 0 Å². The standard InChI is InChI=1S/C14H14F8O3/c1-6(25-10(23)9-5-7-2-3-8(9)4-7)11(15,16)12(24,13(17,18)19)14(20,21)22/h2-3,6-9,24H,4-5H2,1H3. The number of carbonyl (C=O) groups is 1. The molecule has 2 aliphatic carbocycles. The molecule has 0 aromatic rings. The fraction of sp³-hybridized carbons (Fsp3) is 0.786. The molecule has 0 spiro atoms. The molecule has 11 heteroatoms. The molecule has 0 heterocycles. The molecule has 25 heavy (non-hydrogen) atoms. The molecule has 0 aromatic heterocycles. The van der Waals surface area contributed by atoms with Crippen LogP contribution in [0, 0.1) is 17.8 Å². The third-order valence-corrected chi connectivity index (χ3v) is 4.69. The Labute approximate surface area is 136 Å². The first-order valence-corrected chi connectivity index (χ1v) is 7.25. The van der Waals surface area contributed by atoms with E-state index in [9.17, 15) is 39.9 Å². The molecule has 2 aliphatic rings. The van der Waals surface area contributed by atoms with Gasteiger partial charge in [0, 0.05) is 0 Å². The highest BCUT2D eigenvalue weighted by atomic mass is 19.4. The first kappa shape index (κ1) is 19.9. The number of alkyl halides is 8. The number of ether oxygens (including phenoxy) is 1. The number of fused-ring (bicyclic) bond motifs is 2. The van der Waals surface area contributed by atoms with Crippen molar-refractivity contribution >= 4 is 5.97 Å². The van der Waals surface area contributed by atoms with Crippen LogP contribution in [0.4, 0.5) is 35.1 Å². The third-order valence-electron chi connectivity index (χ3n) is 4.69. The summed E-state index contributed by atoms with van der Waals surface area (Å²) < 4.78 is 108. The summed E-state index contributed by atoms with van der Waals surface area (Å²) in [6, 6.07) is 0. The van der Waals surface area contributed by atoms with Crippen molar-refractivity contribution < 1.29 is 49.8 Å². The van der Waals surface area contributed by atoms with Crippen molar-refractivity contribution in [2.45, 2.75) is 49.7 Å². The van der Waals surface area contributed by atoms with Crippen LogP contribution in [0.5, 0.6) is 0 Å². The van der Waals surface area contributed by atoms with Crippen molar-refractivity contribution in [3.05, 3.63) is 12.2 Å². The number of carbonyl (C=O) groups excluding carboxylic acids is 1. The summed E-state index contributed by atoms with van der Waals surface area (Å²) in [4.78, 5) is 11.9. The Morgan fingerprint density at radius 2 is 1.56 bits per heavy atom. The van der Waals surface area contributed by atoms with E-state index in [-0.39, 0.29) is 25.2 Å². The van der Waals surface area contributed by atoms with Crippen molar-refractivity contribution in [1.82, 2.24) is 0 Å². The predicted octanol–water partition coefficient (Wildman–Crippen LogP) is 3.62. The van der Waals surface area contributed by atoms with E-state index in [1.54, 1.807) is 12.2 Å². The van der Waals surface area contributed by atoms with Crippen LogP contribution in [0.25, 0.3) is 0 Å². The lowest BCUT2D eigenvalue weighted by atomic mass is 9.89. The molecule has 2 rings (SSSR count). The first-order chi connectivity index (χ1) is 11.1. The molecule has 0 aliphatic heterocycles. The van der Waals surface area contributed by atoms with Gasteiger partial charge in [0.15, 0.2) is 6.10 Å².